The second-order valence-corrected chi connectivity index (χ2v) is 5.78. The Morgan fingerprint density at radius 3 is 2.30 bits per heavy atom. The van der Waals surface area contributed by atoms with Crippen LogP contribution in [0.25, 0.3) is 0 Å². The van der Waals surface area contributed by atoms with E-state index in [2.05, 4.69) is 23.9 Å². The molecule has 0 amide bonds. The largest absolute Gasteiger partial charge is 0.306 e. The van der Waals surface area contributed by atoms with Gasteiger partial charge < -0.3 is 4.90 Å². The molecule has 0 spiro atoms. The molecule has 0 radical (unpaired) electrons. The summed E-state index contributed by atoms with van der Waals surface area (Å²) in [4.78, 5) is 16.9. The molecule has 1 aromatic rings. The van der Waals surface area contributed by atoms with Crippen LogP contribution < -0.4 is 0 Å². The topological polar surface area (TPSA) is 23.6 Å². The molecule has 1 aliphatic heterocycles. The summed E-state index contributed by atoms with van der Waals surface area (Å²) in [7, 11) is 4.21. The van der Waals surface area contributed by atoms with Crippen LogP contribution in [0.3, 0.4) is 0 Å². The Morgan fingerprint density at radius 2 is 1.80 bits per heavy atom. The number of nitrogens with zero attached hydrogens (tertiary/aromatic N) is 2. The molecule has 1 saturated heterocycles. The van der Waals surface area contributed by atoms with E-state index in [4.69, 9.17) is 0 Å². The lowest BCUT2D eigenvalue weighted by Gasteiger charge is -2.37. The van der Waals surface area contributed by atoms with Crippen molar-refractivity contribution in [1.82, 2.24) is 9.80 Å². The van der Waals surface area contributed by atoms with E-state index >= 15 is 0 Å². The van der Waals surface area contributed by atoms with Crippen molar-refractivity contribution in [3.8, 4) is 0 Å². The third kappa shape index (κ3) is 3.44. The van der Waals surface area contributed by atoms with Crippen LogP contribution >= 0.6 is 0 Å². The zero-order chi connectivity index (χ0) is 14.7. The fourth-order valence-corrected chi connectivity index (χ4v) is 2.81. The number of carbonyl (C=O) groups excluding carboxylic acids is 1. The molecule has 1 heterocycles. The highest BCUT2D eigenvalue weighted by Gasteiger charge is 2.27. The fourth-order valence-electron chi connectivity index (χ4n) is 2.81. The molecule has 0 N–H and O–H groups in total. The Balaban J connectivity index is 1.96. The van der Waals surface area contributed by atoms with Gasteiger partial charge >= 0.3 is 0 Å². The summed E-state index contributed by atoms with van der Waals surface area (Å²) < 4.78 is 12.9. The number of hydrogen-bond donors (Lipinski definition) is 0. The van der Waals surface area contributed by atoms with Crippen molar-refractivity contribution in [3.05, 3.63) is 35.6 Å². The first kappa shape index (κ1) is 15.1. The lowest BCUT2D eigenvalue weighted by Crippen LogP contribution is -2.47. The van der Waals surface area contributed by atoms with E-state index in [1.807, 2.05) is 6.92 Å². The van der Waals surface area contributed by atoms with Crippen molar-refractivity contribution in [2.75, 3.05) is 27.2 Å². The van der Waals surface area contributed by atoms with Crippen LogP contribution in [0, 0.1) is 5.82 Å². The Hall–Kier alpha value is -1.26. The van der Waals surface area contributed by atoms with Crippen LogP contribution in [0.5, 0.6) is 0 Å². The number of benzene rings is 1. The van der Waals surface area contributed by atoms with Gasteiger partial charge in [-0.3, -0.25) is 9.69 Å². The first-order valence-electron chi connectivity index (χ1n) is 7.19. The molecule has 20 heavy (non-hydrogen) atoms. The molecule has 110 valence electrons. The van der Waals surface area contributed by atoms with Gasteiger partial charge in [-0.2, -0.15) is 0 Å². The average Bonchev–Trinajstić information content (AvgIpc) is 2.46. The Kier molecular flexibility index (Phi) is 4.89. The van der Waals surface area contributed by atoms with Crippen LogP contribution in [0.15, 0.2) is 24.3 Å². The van der Waals surface area contributed by atoms with Gasteiger partial charge in [0.1, 0.15) is 5.82 Å². The summed E-state index contributed by atoms with van der Waals surface area (Å²) in [5, 5.41) is 0. The van der Waals surface area contributed by atoms with Crippen LogP contribution in [0.1, 0.15) is 30.1 Å². The van der Waals surface area contributed by atoms with Crippen LogP contribution in [0.4, 0.5) is 4.39 Å². The summed E-state index contributed by atoms with van der Waals surface area (Å²) in [6.07, 6.45) is 2.18. The van der Waals surface area contributed by atoms with E-state index in [9.17, 15) is 9.18 Å². The predicted molar refractivity (Wildman–Crippen MR) is 78.5 cm³/mol. The monoisotopic (exact) mass is 278 g/mol. The second kappa shape index (κ2) is 6.46. The maximum Gasteiger partial charge on any atom is 0.179 e. The molecule has 1 fully saturated rings. The predicted octanol–water partition coefficient (Wildman–Crippen LogP) is 2.42. The van der Waals surface area contributed by atoms with Crippen molar-refractivity contribution < 1.29 is 9.18 Å². The Labute approximate surface area is 120 Å². The van der Waals surface area contributed by atoms with Gasteiger partial charge in [-0.1, -0.05) is 0 Å². The highest BCUT2D eigenvalue weighted by atomic mass is 19.1. The maximum absolute atomic E-state index is 12.9. The minimum absolute atomic E-state index is 0.0771. The van der Waals surface area contributed by atoms with Crippen molar-refractivity contribution >= 4 is 5.78 Å². The van der Waals surface area contributed by atoms with Crippen LogP contribution in [0.2, 0.25) is 0 Å². The molecule has 4 heteroatoms. The van der Waals surface area contributed by atoms with E-state index in [-0.39, 0.29) is 17.6 Å². The van der Waals surface area contributed by atoms with Gasteiger partial charge in [-0.15, -0.1) is 0 Å². The Bertz CT molecular complexity index is 450. The third-order valence-corrected chi connectivity index (χ3v) is 4.29. The summed E-state index contributed by atoms with van der Waals surface area (Å²) in [6.45, 7) is 3.83. The molecular formula is C16H23FN2O. The molecule has 1 unspecified atom stereocenters. The molecule has 1 aliphatic rings. The molecule has 0 saturated carbocycles. The van der Waals surface area contributed by atoms with Gasteiger partial charge in [0.15, 0.2) is 5.78 Å². The van der Waals surface area contributed by atoms with Gasteiger partial charge in [-0.25, -0.2) is 4.39 Å². The van der Waals surface area contributed by atoms with Crippen molar-refractivity contribution in [2.24, 2.45) is 0 Å². The molecule has 1 atom stereocenters. The average molecular weight is 278 g/mol. The van der Waals surface area contributed by atoms with Gasteiger partial charge in [0.05, 0.1) is 6.04 Å². The molecule has 2 rings (SSSR count). The van der Waals surface area contributed by atoms with E-state index in [1.165, 1.54) is 12.1 Å². The van der Waals surface area contributed by atoms with Crippen molar-refractivity contribution in [1.29, 1.82) is 0 Å². The minimum Gasteiger partial charge on any atom is -0.306 e. The van der Waals surface area contributed by atoms with Gasteiger partial charge in [-0.05, 0) is 58.1 Å². The summed E-state index contributed by atoms with van der Waals surface area (Å²) in [6, 6.07) is 6.31. The smallest absolute Gasteiger partial charge is 0.179 e. The second-order valence-electron chi connectivity index (χ2n) is 5.78. The number of ketones is 1. The lowest BCUT2D eigenvalue weighted by molar-refractivity contribution is 0.0736. The van der Waals surface area contributed by atoms with Gasteiger partial charge in [0.25, 0.3) is 0 Å². The number of Topliss-reactive ketones (excluding diaryl/α,β-unsaturated/α-hetero) is 1. The quantitative estimate of drug-likeness (QED) is 0.790. The number of hydrogen-bond acceptors (Lipinski definition) is 3. The lowest BCUT2D eigenvalue weighted by atomic mass is 9.99. The molecule has 3 nitrogen and oxygen atoms in total. The first-order chi connectivity index (χ1) is 9.49. The molecular weight excluding hydrogens is 255 g/mol. The zero-order valence-corrected chi connectivity index (χ0v) is 12.5. The number of halogens is 1. The van der Waals surface area contributed by atoms with E-state index in [0.717, 1.165) is 25.9 Å². The number of rotatable bonds is 4. The standard InChI is InChI=1S/C16H23FN2O/c1-12(16(20)13-4-6-14(17)7-5-13)19-10-8-15(9-11-19)18(2)3/h4-7,12,15H,8-11H2,1-3H3. The van der Waals surface area contributed by atoms with Crippen molar-refractivity contribution in [2.45, 2.75) is 31.8 Å². The van der Waals surface area contributed by atoms with Crippen molar-refractivity contribution in [3.63, 3.8) is 0 Å². The number of likely N-dealkylation sites (tertiary alicyclic amines) is 1. The molecule has 0 aliphatic carbocycles. The molecule has 1 aromatic carbocycles. The van der Waals surface area contributed by atoms with Gasteiger partial charge in [0.2, 0.25) is 0 Å². The highest BCUT2D eigenvalue weighted by Crippen LogP contribution is 2.18. The molecule has 0 bridgehead atoms. The summed E-state index contributed by atoms with van der Waals surface area (Å²) >= 11 is 0. The molecule has 0 aromatic heterocycles. The van der Waals surface area contributed by atoms with Crippen LogP contribution in [-0.4, -0.2) is 54.9 Å². The van der Waals surface area contributed by atoms with E-state index < -0.39 is 0 Å². The zero-order valence-electron chi connectivity index (χ0n) is 12.5. The van der Waals surface area contributed by atoms with Gasteiger partial charge in [0, 0.05) is 24.7 Å². The first-order valence-corrected chi connectivity index (χ1v) is 7.19. The van der Waals surface area contributed by atoms with Crippen LogP contribution in [-0.2, 0) is 0 Å². The van der Waals surface area contributed by atoms with E-state index in [1.54, 1.807) is 12.1 Å². The SMILES string of the molecule is CC(C(=O)c1ccc(F)cc1)N1CCC(N(C)C)CC1. The van der Waals surface area contributed by atoms with E-state index in [0.29, 0.717) is 11.6 Å². The normalized spacial score (nSPS) is 19.2. The highest BCUT2D eigenvalue weighted by molar-refractivity contribution is 5.99. The summed E-state index contributed by atoms with van der Waals surface area (Å²) in [5.41, 5.74) is 0.591. The Morgan fingerprint density at radius 1 is 1.25 bits per heavy atom. The summed E-state index contributed by atoms with van der Waals surface area (Å²) in [5.74, 6) is -0.227. The number of piperidine rings is 1. The maximum atomic E-state index is 12.9. The fraction of sp³-hybridized carbons (Fsp3) is 0.562. The minimum atomic E-state index is -0.305. The number of carbonyl (C=O) groups is 1. The third-order valence-electron chi connectivity index (χ3n) is 4.29.